The first-order valence-electron chi connectivity index (χ1n) is 6.28. The van der Waals surface area contributed by atoms with Crippen molar-refractivity contribution < 1.29 is 4.74 Å². The van der Waals surface area contributed by atoms with Gasteiger partial charge in [-0.25, -0.2) is 0 Å². The van der Waals surface area contributed by atoms with Crippen LogP contribution in [0.4, 0.5) is 0 Å². The van der Waals surface area contributed by atoms with Gasteiger partial charge in [-0.2, -0.15) is 0 Å². The Morgan fingerprint density at radius 2 is 1.94 bits per heavy atom. The van der Waals surface area contributed by atoms with Crippen LogP contribution in [-0.2, 0) is 6.54 Å². The third-order valence-corrected chi connectivity index (χ3v) is 4.36. The molecular formula is C15H24BrNO. The molecule has 0 amide bonds. The first-order valence-corrected chi connectivity index (χ1v) is 7.07. The summed E-state index contributed by atoms with van der Waals surface area (Å²) in [4.78, 5) is 2.37. The number of nitrogens with zero attached hydrogens (tertiary/aromatic N) is 1. The largest absolute Gasteiger partial charge is 0.497 e. The van der Waals surface area contributed by atoms with Crippen LogP contribution in [0.3, 0.4) is 0 Å². The van der Waals surface area contributed by atoms with Gasteiger partial charge >= 0.3 is 0 Å². The molecule has 1 unspecified atom stereocenters. The Kier molecular flexibility index (Phi) is 5.23. The van der Waals surface area contributed by atoms with E-state index in [4.69, 9.17) is 4.74 Å². The van der Waals surface area contributed by atoms with Gasteiger partial charge in [0.1, 0.15) is 5.75 Å². The number of halogens is 1. The van der Waals surface area contributed by atoms with Gasteiger partial charge in [-0.3, -0.25) is 4.90 Å². The van der Waals surface area contributed by atoms with Crippen molar-refractivity contribution in [3.63, 3.8) is 0 Å². The Labute approximate surface area is 119 Å². The van der Waals surface area contributed by atoms with Crippen LogP contribution in [0, 0.1) is 5.41 Å². The summed E-state index contributed by atoms with van der Waals surface area (Å²) in [5.74, 6) is 0.907. The van der Waals surface area contributed by atoms with E-state index in [2.05, 4.69) is 61.6 Å². The molecule has 1 aromatic carbocycles. The maximum Gasteiger partial charge on any atom is 0.119 e. The van der Waals surface area contributed by atoms with Gasteiger partial charge in [0.05, 0.1) is 7.11 Å². The molecule has 0 saturated carbocycles. The fourth-order valence-corrected chi connectivity index (χ4v) is 2.24. The normalized spacial score (nSPS) is 13.8. The van der Waals surface area contributed by atoms with Crippen molar-refractivity contribution >= 4 is 15.9 Å². The van der Waals surface area contributed by atoms with Crippen LogP contribution in [-0.4, -0.2) is 25.1 Å². The van der Waals surface area contributed by atoms with E-state index in [0.717, 1.165) is 16.8 Å². The minimum absolute atomic E-state index is 0.278. The summed E-state index contributed by atoms with van der Waals surface area (Å²) < 4.78 is 6.42. The number of hydrogen-bond donors (Lipinski definition) is 0. The molecule has 0 aliphatic heterocycles. The molecule has 0 spiro atoms. The van der Waals surface area contributed by atoms with Crippen LogP contribution < -0.4 is 4.74 Å². The molecule has 0 N–H and O–H groups in total. The third kappa shape index (κ3) is 3.99. The van der Waals surface area contributed by atoms with E-state index in [-0.39, 0.29) is 5.41 Å². The molecule has 0 heterocycles. The highest BCUT2D eigenvalue weighted by molar-refractivity contribution is 9.10. The highest BCUT2D eigenvalue weighted by Gasteiger charge is 2.24. The molecule has 1 atom stereocenters. The van der Waals surface area contributed by atoms with Crippen LogP contribution in [0.2, 0.25) is 0 Å². The average molecular weight is 314 g/mol. The van der Waals surface area contributed by atoms with Crippen LogP contribution in [0.5, 0.6) is 5.75 Å². The van der Waals surface area contributed by atoms with Crippen molar-refractivity contribution in [2.24, 2.45) is 5.41 Å². The summed E-state index contributed by atoms with van der Waals surface area (Å²) in [6.45, 7) is 10.0. The Morgan fingerprint density at radius 3 is 2.44 bits per heavy atom. The second-order valence-electron chi connectivity index (χ2n) is 5.91. The van der Waals surface area contributed by atoms with Crippen molar-refractivity contribution in [2.75, 3.05) is 14.2 Å². The van der Waals surface area contributed by atoms with Gasteiger partial charge < -0.3 is 4.74 Å². The van der Waals surface area contributed by atoms with E-state index in [1.165, 1.54) is 5.56 Å². The Hall–Kier alpha value is -0.540. The van der Waals surface area contributed by atoms with Gasteiger partial charge in [0.2, 0.25) is 0 Å². The molecule has 1 rings (SSSR count). The lowest BCUT2D eigenvalue weighted by Gasteiger charge is -2.35. The van der Waals surface area contributed by atoms with Crippen molar-refractivity contribution in [3.8, 4) is 5.75 Å². The van der Waals surface area contributed by atoms with E-state index in [0.29, 0.717) is 6.04 Å². The van der Waals surface area contributed by atoms with Gasteiger partial charge in [0.25, 0.3) is 0 Å². The quantitative estimate of drug-likeness (QED) is 0.820. The van der Waals surface area contributed by atoms with Crippen molar-refractivity contribution in [2.45, 2.75) is 40.3 Å². The molecule has 2 nitrogen and oxygen atoms in total. The summed E-state index contributed by atoms with van der Waals surface area (Å²) >= 11 is 3.61. The minimum atomic E-state index is 0.278. The summed E-state index contributed by atoms with van der Waals surface area (Å²) in [5, 5.41) is 0. The SMILES string of the molecule is COc1ccc(Br)c(CN(C)C(C)C(C)(C)C)c1. The molecule has 0 aromatic heterocycles. The smallest absolute Gasteiger partial charge is 0.119 e. The molecule has 0 radical (unpaired) electrons. The van der Waals surface area contributed by atoms with Gasteiger partial charge in [0.15, 0.2) is 0 Å². The first-order chi connectivity index (χ1) is 8.25. The standard InChI is InChI=1S/C15H24BrNO/c1-11(15(2,3)4)17(5)10-12-9-13(18-6)7-8-14(12)16/h7-9,11H,10H2,1-6H3. The Balaban J connectivity index is 2.84. The minimum Gasteiger partial charge on any atom is -0.497 e. The summed E-state index contributed by atoms with van der Waals surface area (Å²) in [6, 6.07) is 6.62. The fraction of sp³-hybridized carbons (Fsp3) is 0.600. The summed E-state index contributed by atoms with van der Waals surface area (Å²) in [5.41, 5.74) is 1.54. The topological polar surface area (TPSA) is 12.5 Å². The van der Waals surface area contributed by atoms with Crippen LogP contribution >= 0.6 is 15.9 Å². The molecule has 0 fully saturated rings. The summed E-state index contributed by atoms with van der Waals surface area (Å²) in [7, 11) is 3.87. The van der Waals surface area contributed by atoms with Gasteiger partial charge in [-0.15, -0.1) is 0 Å². The Bertz CT molecular complexity index is 398. The zero-order valence-corrected chi connectivity index (χ0v) is 13.8. The zero-order valence-electron chi connectivity index (χ0n) is 12.2. The van der Waals surface area contributed by atoms with Crippen LogP contribution in [0.15, 0.2) is 22.7 Å². The molecule has 102 valence electrons. The van der Waals surface area contributed by atoms with Crippen LogP contribution in [0.1, 0.15) is 33.3 Å². The monoisotopic (exact) mass is 313 g/mol. The highest BCUT2D eigenvalue weighted by atomic mass is 79.9. The van der Waals surface area contributed by atoms with Crippen molar-refractivity contribution in [1.29, 1.82) is 0 Å². The second-order valence-corrected chi connectivity index (χ2v) is 6.77. The number of hydrogen-bond acceptors (Lipinski definition) is 2. The molecule has 0 bridgehead atoms. The summed E-state index contributed by atoms with van der Waals surface area (Å²) in [6.07, 6.45) is 0. The Morgan fingerprint density at radius 1 is 1.33 bits per heavy atom. The zero-order chi connectivity index (χ0) is 13.9. The van der Waals surface area contributed by atoms with Crippen LogP contribution in [0.25, 0.3) is 0 Å². The molecule has 3 heteroatoms. The lowest BCUT2D eigenvalue weighted by Crippen LogP contribution is -2.38. The third-order valence-electron chi connectivity index (χ3n) is 3.59. The second kappa shape index (κ2) is 6.07. The molecule has 1 aromatic rings. The maximum atomic E-state index is 5.28. The van der Waals surface area contributed by atoms with Gasteiger partial charge in [-0.1, -0.05) is 36.7 Å². The van der Waals surface area contributed by atoms with Gasteiger partial charge in [-0.05, 0) is 43.1 Å². The van der Waals surface area contributed by atoms with E-state index in [9.17, 15) is 0 Å². The first kappa shape index (κ1) is 15.5. The average Bonchev–Trinajstić information content (AvgIpc) is 2.29. The van der Waals surface area contributed by atoms with Crippen molar-refractivity contribution in [1.82, 2.24) is 4.90 Å². The number of benzene rings is 1. The van der Waals surface area contributed by atoms with Gasteiger partial charge in [0, 0.05) is 17.1 Å². The van der Waals surface area contributed by atoms with E-state index >= 15 is 0 Å². The molecule has 0 aliphatic carbocycles. The maximum absolute atomic E-state index is 5.28. The fourth-order valence-electron chi connectivity index (χ4n) is 1.87. The van der Waals surface area contributed by atoms with Crippen molar-refractivity contribution in [3.05, 3.63) is 28.2 Å². The predicted molar refractivity (Wildman–Crippen MR) is 81.1 cm³/mol. The number of methoxy groups -OCH3 is 1. The molecule has 0 aliphatic rings. The number of ether oxygens (including phenoxy) is 1. The molecular weight excluding hydrogens is 290 g/mol. The molecule has 0 saturated heterocycles. The molecule has 18 heavy (non-hydrogen) atoms. The predicted octanol–water partition coefficient (Wildman–Crippen LogP) is 4.32. The number of rotatable bonds is 4. The van der Waals surface area contributed by atoms with E-state index in [1.54, 1.807) is 7.11 Å². The van der Waals surface area contributed by atoms with E-state index < -0.39 is 0 Å². The highest BCUT2D eigenvalue weighted by Crippen LogP contribution is 2.27. The lowest BCUT2D eigenvalue weighted by molar-refractivity contribution is 0.134. The lowest BCUT2D eigenvalue weighted by atomic mass is 9.87. The van der Waals surface area contributed by atoms with E-state index in [1.807, 2.05) is 12.1 Å².